The maximum atomic E-state index is 13.1. The van der Waals surface area contributed by atoms with Crippen molar-refractivity contribution in [2.24, 2.45) is 4.99 Å². The van der Waals surface area contributed by atoms with Gasteiger partial charge in [0.05, 0.1) is 33.2 Å². The van der Waals surface area contributed by atoms with E-state index < -0.39 is 31.9 Å². The second-order valence-electron chi connectivity index (χ2n) is 8.61. The number of fused-ring (bicyclic) bond motifs is 1. The highest BCUT2D eigenvalue weighted by Gasteiger charge is 2.30. The Labute approximate surface area is 230 Å². The number of carbonyl (C=O) groups is 2. The predicted molar refractivity (Wildman–Crippen MR) is 145 cm³/mol. The third-order valence-corrected chi connectivity index (χ3v) is 10.1. The molecule has 0 unspecified atom stereocenters. The van der Waals surface area contributed by atoms with Crippen molar-refractivity contribution in [2.45, 2.75) is 23.3 Å². The summed E-state index contributed by atoms with van der Waals surface area (Å²) in [5, 5.41) is 0. The molecule has 0 aliphatic carbocycles. The van der Waals surface area contributed by atoms with E-state index in [9.17, 15) is 26.4 Å². The summed E-state index contributed by atoms with van der Waals surface area (Å²) in [6, 6.07) is 10.1. The van der Waals surface area contributed by atoms with Crippen molar-refractivity contribution in [2.75, 3.05) is 39.0 Å². The first-order chi connectivity index (χ1) is 18.5. The van der Waals surface area contributed by atoms with Crippen molar-refractivity contribution in [3.63, 3.8) is 0 Å². The van der Waals surface area contributed by atoms with E-state index in [1.165, 1.54) is 45.6 Å². The lowest BCUT2D eigenvalue weighted by Gasteiger charge is -2.33. The van der Waals surface area contributed by atoms with Gasteiger partial charge < -0.3 is 14.2 Å². The summed E-state index contributed by atoms with van der Waals surface area (Å²) >= 11 is 1.12. The van der Waals surface area contributed by atoms with Crippen molar-refractivity contribution >= 4 is 53.4 Å². The van der Waals surface area contributed by atoms with Crippen molar-refractivity contribution in [3.05, 3.63) is 52.8 Å². The molecule has 206 valence electrons. The molecule has 14 heteroatoms. The SMILES string of the molecule is C#CCn1c(=NC(=O)c2ccc(S(=O)(=O)N3CCN(C(=O)OCC)CC3)cc2)sc2cc(S(C)(=O)=O)ccc21. The van der Waals surface area contributed by atoms with Crippen LogP contribution in [0.25, 0.3) is 10.2 Å². The van der Waals surface area contributed by atoms with Gasteiger partial charge in [0.1, 0.15) is 0 Å². The molecule has 0 spiro atoms. The number of sulfonamides is 1. The van der Waals surface area contributed by atoms with Crippen molar-refractivity contribution < 1.29 is 31.2 Å². The molecule has 2 amide bonds. The fourth-order valence-corrected chi connectivity index (χ4v) is 7.22. The van der Waals surface area contributed by atoms with Crippen molar-refractivity contribution in [1.82, 2.24) is 13.8 Å². The van der Waals surface area contributed by atoms with Gasteiger partial charge in [-0.15, -0.1) is 6.42 Å². The smallest absolute Gasteiger partial charge is 0.409 e. The number of nitrogens with zero attached hydrogens (tertiary/aromatic N) is 4. The van der Waals surface area contributed by atoms with Crippen LogP contribution >= 0.6 is 11.3 Å². The van der Waals surface area contributed by atoms with Gasteiger partial charge in [-0.25, -0.2) is 21.6 Å². The summed E-state index contributed by atoms with van der Waals surface area (Å²) in [5.74, 6) is 1.90. The van der Waals surface area contributed by atoms with E-state index in [0.29, 0.717) is 10.2 Å². The van der Waals surface area contributed by atoms with Crippen LogP contribution in [0.1, 0.15) is 17.3 Å². The first-order valence-corrected chi connectivity index (χ1v) is 16.0. The predicted octanol–water partition coefficient (Wildman–Crippen LogP) is 1.94. The molecular formula is C25H26N4O7S3. The van der Waals surface area contributed by atoms with Crippen LogP contribution in [0.2, 0.25) is 0 Å². The second-order valence-corrected chi connectivity index (χ2v) is 13.6. The summed E-state index contributed by atoms with van der Waals surface area (Å²) in [6.45, 7) is 2.74. The number of terminal acetylenes is 1. The number of hydrogen-bond acceptors (Lipinski definition) is 8. The molecule has 1 aromatic heterocycles. The number of aromatic nitrogens is 1. The van der Waals surface area contributed by atoms with Gasteiger partial charge in [-0.05, 0) is 49.4 Å². The first kappa shape index (κ1) is 28.5. The molecule has 0 bridgehead atoms. The number of hydrogen-bond donors (Lipinski definition) is 0. The second kappa shape index (κ2) is 11.3. The van der Waals surface area contributed by atoms with E-state index in [2.05, 4.69) is 10.9 Å². The Kier molecular flexibility index (Phi) is 8.26. The van der Waals surface area contributed by atoms with Gasteiger partial charge in [0, 0.05) is 38.0 Å². The van der Waals surface area contributed by atoms with E-state index >= 15 is 0 Å². The highest BCUT2D eigenvalue weighted by molar-refractivity contribution is 7.90. The van der Waals surface area contributed by atoms with Crippen molar-refractivity contribution in [1.29, 1.82) is 0 Å². The van der Waals surface area contributed by atoms with Crippen LogP contribution in [-0.4, -0.2) is 81.6 Å². The molecule has 0 saturated carbocycles. The lowest BCUT2D eigenvalue weighted by atomic mass is 10.2. The Morgan fingerprint density at radius 3 is 2.26 bits per heavy atom. The van der Waals surface area contributed by atoms with Gasteiger partial charge in [0.15, 0.2) is 14.6 Å². The van der Waals surface area contributed by atoms with Crippen LogP contribution in [0.15, 0.2) is 57.2 Å². The molecule has 1 aliphatic heterocycles. The number of ether oxygens (including phenoxy) is 1. The summed E-state index contributed by atoms with van der Waals surface area (Å²) in [5.41, 5.74) is 0.809. The fraction of sp³-hybridized carbons (Fsp3) is 0.320. The number of sulfone groups is 1. The molecule has 0 N–H and O–H groups in total. The maximum Gasteiger partial charge on any atom is 0.409 e. The Morgan fingerprint density at radius 2 is 1.67 bits per heavy atom. The highest BCUT2D eigenvalue weighted by atomic mass is 32.2. The Morgan fingerprint density at radius 1 is 1.03 bits per heavy atom. The molecule has 4 rings (SSSR count). The third-order valence-electron chi connectivity index (χ3n) is 6.03. The molecule has 1 saturated heterocycles. The quantitative estimate of drug-likeness (QED) is 0.401. The van der Waals surface area contributed by atoms with Gasteiger partial charge in [0.2, 0.25) is 10.0 Å². The average molecular weight is 591 g/mol. The zero-order valence-corrected chi connectivity index (χ0v) is 23.7. The van der Waals surface area contributed by atoms with E-state index in [-0.39, 0.29) is 59.5 Å². The van der Waals surface area contributed by atoms with E-state index in [0.717, 1.165) is 17.6 Å². The lowest BCUT2D eigenvalue weighted by molar-refractivity contribution is 0.0933. The van der Waals surface area contributed by atoms with Gasteiger partial charge in [-0.2, -0.15) is 9.30 Å². The molecule has 2 aromatic carbocycles. The maximum absolute atomic E-state index is 13.1. The van der Waals surface area contributed by atoms with Gasteiger partial charge in [-0.3, -0.25) is 4.79 Å². The van der Waals surface area contributed by atoms with E-state index in [4.69, 9.17) is 11.2 Å². The molecule has 2 heterocycles. The van der Waals surface area contributed by atoms with Crippen LogP contribution < -0.4 is 4.80 Å². The summed E-state index contributed by atoms with van der Waals surface area (Å²) in [4.78, 5) is 30.9. The zero-order chi connectivity index (χ0) is 28.4. The first-order valence-electron chi connectivity index (χ1n) is 11.8. The van der Waals surface area contributed by atoms with E-state index in [1.807, 2.05) is 0 Å². The fourth-order valence-electron chi connectivity index (χ4n) is 4.01. The number of thiazole rings is 1. The van der Waals surface area contributed by atoms with Gasteiger partial charge in [0.25, 0.3) is 5.91 Å². The number of rotatable bonds is 6. The molecule has 1 aliphatic rings. The molecule has 39 heavy (non-hydrogen) atoms. The number of amides is 2. The standard InChI is InChI=1S/C25H26N4O7S3/c1-4-12-29-21-11-10-20(38(3,32)33)17-22(21)37-24(29)26-23(30)18-6-8-19(9-7-18)39(34,35)28-15-13-27(14-16-28)25(31)36-5-2/h1,6-11,17H,5,12-16H2,2-3H3. The molecule has 11 nitrogen and oxygen atoms in total. The summed E-state index contributed by atoms with van der Waals surface area (Å²) in [7, 11) is -7.26. The number of piperazine rings is 1. The largest absolute Gasteiger partial charge is 0.450 e. The molecule has 0 radical (unpaired) electrons. The number of benzene rings is 2. The number of carbonyl (C=O) groups excluding carboxylic acids is 2. The van der Waals surface area contributed by atoms with Crippen LogP contribution in [0, 0.1) is 12.3 Å². The Hall–Kier alpha value is -3.51. The highest BCUT2D eigenvalue weighted by Crippen LogP contribution is 2.23. The third kappa shape index (κ3) is 6.06. The van der Waals surface area contributed by atoms with Gasteiger partial charge >= 0.3 is 6.09 Å². The van der Waals surface area contributed by atoms with Crippen LogP contribution in [0.4, 0.5) is 4.79 Å². The van der Waals surface area contributed by atoms with Crippen molar-refractivity contribution in [3.8, 4) is 12.3 Å². The van der Waals surface area contributed by atoms with Crippen LogP contribution in [0.3, 0.4) is 0 Å². The monoisotopic (exact) mass is 590 g/mol. The average Bonchev–Trinajstić information content (AvgIpc) is 3.24. The molecule has 1 fully saturated rings. The minimum atomic E-state index is -3.83. The minimum Gasteiger partial charge on any atom is -0.450 e. The lowest BCUT2D eigenvalue weighted by Crippen LogP contribution is -2.50. The molecular weight excluding hydrogens is 564 g/mol. The Balaban J connectivity index is 1.57. The van der Waals surface area contributed by atoms with Crippen LogP contribution in [0.5, 0.6) is 0 Å². The Bertz CT molecular complexity index is 1740. The normalized spacial score (nSPS) is 15.3. The molecule has 3 aromatic rings. The zero-order valence-electron chi connectivity index (χ0n) is 21.2. The minimum absolute atomic E-state index is 0.0150. The van der Waals surface area contributed by atoms with Crippen LogP contribution in [-0.2, 0) is 31.1 Å². The summed E-state index contributed by atoms with van der Waals surface area (Å²) < 4.78 is 58.6. The topological polar surface area (TPSA) is 135 Å². The summed E-state index contributed by atoms with van der Waals surface area (Å²) in [6.07, 6.45) is 6.14. The van der Waals surface area contributed by atoms with E-state index in [1.54, 1.807) is 17.6 Å². The molecule has 0 atom stereocenters. The van der Waals surface area contributed by atoms with Gasteiger partial charge in [-0.1, -0.05) is 17.3 Å².